The fraction of sp³-hybridized carbons (Fsp3) is 0.316. The van der Waals surface area contributed by atoms with Crippen molar-refractivity contribution in [3.8, 4) is 5.75 Å². The number of carbonyl (C=O) groups is 1. The summed E-state index contributed by atoms with van der Waals surface area (Å²) in [5.74, 6) is 0.577. The number of hydrogen-bond acceptors (Lipinski definition) is 2. The zero-order valence-corrected chi connectivity index (χ0v) is 14.7. The Morgan fingerprint density at radius 3 is 2.61 bits per heavy atom. The molecule has 0 radical (unpaired) electrons. The van der Waals surface area contributed by atoms with Crippen LogP contribution < -0.4 is 10.1 Å². The van der Waals surface area contributed by atoms with E-state index in [0.717, 1.165) is 22.4 Å². The molecule has 0 bridgehead atoms. The highest BCUT2D eigenvalue weighted by molar-refractivity contribution is 6.31. The average Bonchev–Trinajstić information content (AvgIpc) is 2.52. The molecule has 0 fully saturated rings. The minimum absolute atomic E-state index is 0.168. The Kier molecular flexibility index (Phi) is 5.67. The topological polar surface area (TPSA) is 38.3 Å². The van der Waals surface area contributed by atoms with E-state index >= 15 is 0 Å². The molecule has 3 nitrogen and oxygen atoms in total. The first kappa shape index (κ1) is 17.4. The first-order valence-corrected chi connectivity index (χ1v) is 8.10. The second kappa shape index (κ2) is 7.51. The Balaban J connectivity index is 2.15. The highest BCUT2D eigenvalue weighted by Crippen LogP contribution is 2.24. The highest BCUT2D eigenvalue weighted by atomic mass is 35.5. The van der Waals surface area contributed by atoms with E-state index in [0.29, 0.717) is 17.1 Å². The molecule has 1 N–H and O–H groups in total. The van der Waals surface area contributed by atoms with E-state index in [1.807, 2.05) is 52.0 Å². The summed E-state index contributed by atoms with van der Waals surface area (Å²) in [6.45, 7) is 7.88. The standard InChI is InChI=1S/C19H22ClNO2/c1-5-17(23-18-8-6-7-12(2)14(18)4)19(22)21-16-11-15(20)10-9-13(16)3/h6-11,17H,5H2,1-4H3,(H,21,22)/t17-/m1/s1. The Labute approximate surface area is 142 Å². The molecule has 1 amide bonds. The van der Waals surface area contributed by atoms with Crippen LogP contribution in [0, 0.1) is 20.8 Å². The first-order valence-electron chi connectivity index (χ1n) is 7.72. The van der Waals surface area contributed by atoms with Crippen LogP contribution in [0.3, 0.4) is 0 Å². The van der Waals surface area contributed by atoms with E-state index in [2.05, 4.69) is 5.32 Å². The lowest BCUT2D eigenvalue weighted by Gasteiger charge is -2.20. The molecule has 122 valence electrons. The van der Waals surface area contributed by atoms with Crippen LogP contribution in [0.2, 0.25) is 5.02 Å². The molecule has 1 atom stereocenters. The lowest BCUT2D eigenvalue weighted by atomic mass is 10.1. The van der Waals surface area contributed by atoms with Crippen LogP contribution in [0.15, 0.2) is 36.4 Å². The van der Waals surface area contributed by atoms with Gasteiger partial charge < -0.3 is 10.1 Å². The molecule has 0 saturated heterocycles. The van der Waals surface area contributed by atoms with Crippen molar-refractivity contribution in [3.63, 3.8) is 0 Å². The summed E-state index contributed by atoms with van der Waals surface area (Å²) in [6.07, 6.45) is 0.0348. The Hall–Kier alpha value is -2.00. The zero-order chi connectivity index (χ0) is 17.0. The third-order valence-corrected chi connectivity index (χ3v) is 4.18. The van der Waals surface area contributed by atoms with Gasteiger partial charge in [-0.1, -0.05) is 36.7 Å². The fourth-order valence-corrected chi connectivity index (χ4v) is 2.44. The fourth-order valence-electron chi connectivity index (χ4n) is 2.27. The van der Waals surface area contributed by atoms with Crippen molar-refractivity contribution in [1.82, 2.24) is 0 Å². The number of anilines is 1. The maximum Gasteiger partial charge on any atom is 0.265 e. The second-order valence-corrected chi connectivity index (χ2v) is 6.10. The minimum Gasteiger partial charge on any atom is -0.480 e. The summed E-state index contributed by atoms with van der Waals surface area (Å²) >= 11 is 6.00. The maximum absolute atomic E-state index is 12.5. The molecule has 0 unspecified atom stereocenters. The molecule has 23 heavy (non-hydrogen) atoms. The van der Waals surface area contributed by atoms with E-state index in [1.54, 1.807) is 12.1 Å². The number of benzene rings is 2. The second-order valence-electron chi connectivity index (χ2n) is 5.66. The molecule has 2 rings (SSSR count). The number of amides is 1. The molecular weight excluding hydrogens is 310 g/mol. The zero-order valence-electron chi connectivity index (χ0n) is 13.9. The average molecular weight is 332 g/mol. The van der Waals surface area contributed by atoms with Crippen LogP contribution >= 0.6 is 11.6 Å². The van der Waals surface area contributed by atoms with Crippen molar-refractivity contribution < 1.29 is 9.53 Å². The lowest BCUT2D eigenvalue weighted by molar-refractivity contribution is -0.122. The van der Waals surface area contributed by atoms with Gasteiger partial charge in [-0.15, -0.1) is 0 Å². The number of halogens is 1. The Morgan fingerprint density at radius 2 is 1.91 bits per heavy atom. The van der Waals surface area contributed by atoms with E-state index < -0.39 is 6.10 Å². The lowest BCUT2D eigenvalue weighted by Crippen LogP contribution is -2.32. The third-order valence-electron chi connectivity index (χ3n) is 3.94. The quantitative estimate of drug-likeness (QED) is 0.831. The Morgan fingerprint density at radius 1 is 1.17 bits per heavy atom. The normalized spacial score (nSPS) is 11.9. The summed E-state index contributed by atoms with van der Waals surface area (Å²) < 4.78 is 5.93. The number of carbonyl (C=O) groups excluding carboxylic acids is 1. The van der Waals surface area contributed by atoms with Crippen molar-refractivity contribution >= 4 is 23.2 Å². The van der Waals surface area contributed by atoms with Gasteiger partial charge in [0.05, 0.1) is 0 Å². The number of aryl methyl sites for hydroxylation is 2. The summed E-state index contributed by atoms with van der Waals surface area (Å²) in [7, 11) is 0. The van der Waals surface area contributed by atoms with Crippen molar-refractivity contribution in [2.45, 2.75) is 40.2 Å². The van der Waals surface area contributed by atoms with Crippen LogP contribution in [0.4, 0.5) is 5.69 Å². The van der Waals surface area contributed by atoms with E-state index in [-0.39, 0.29) is 5.91 Å². The van der Waals surface area contributed by atoms with Gasteiger partial charge in [-0.05, 0) is 62.1 Å². The predicted octanol–water partition coefficient (Wildman–Crippen LogP) is 5.06. The third kappa shape index (κ3) is 4.26. The molecule has 0 saturated carbocycles. The van der Waals surface area contributed by atoms with Crippen LogP contribution in [-0.4, -0.2) is 12.0 Å². The molecule has 0 aliphatic heterocycles. The molecule has 0 aliphatic carbocycles. The van der Waals surface area contributed by atoms with Gasteiger partial charge >= 0.3 is 0 Å². The van der Waals surface area contributed by atoms with Crippen molar-refractivity contribution in [1.29, 1.82) is 0 Å². The largest absolute Gasteiger partial charge is 0.480 e. The SMILES string of the molecule is CC[C@@H](Oc1cccc(C)c1C)C(=O)Nc1cc(Cl)ccc1C. The van der Waals surface area contributed by atoms with E-state index in [1.165, 1.54) is 0 Å². The van der Waals surface area contributed by atoms with Crippen LogP contribution in [0.5, 0.6) is 5.75 Å². The summed E-state index contributed by atoms with van der Waals surface area (Å²) in [6, 6.07) is 11.3. The molecule has 0 aromatic heterocycles. The van der Waals surface area contributed by atoms with Crippen LogP contribution in [-0.2, 0) is 4.79 Å². The van der Waals surface area contributed by atoms with Crippen molar-refractivity contribution in [2.75, 3.05) is 5.32 Å². The molecule has 0 aliphatic rings. The number of rotatable bonds is 5. The van der Waals surface area contributed by atoms with Crippen molar-refractivity contribution in [2.24, 2.45) is 0 Å². The van der Waals surface area contributed by atoms with E-state index in [9.17, 15) is 4.79 Å². The molecular formula is C19H22ClNO2. The summed E-state index contributed by atoms with van der Waals surface area (Å²) in [5, 5.41) is 3.50. The Bertz CT molecular complexity index is 713. The minimum atomic E-state index is -0.547. The summed E-state index contributed by atoms with van der Waals surface area (Å²) in [4.78, 5) is 12.5. The monoisotopic (exact) mass is 331 g/mol. The smallest absolute Gasteiger partial charge is 0.265 e. The molecule has 2 aromatic carbocycles. The predicted molar refractivity (Wildman–Crippen MR) is 95.4 cm³/mol. The first-order chi connectivity index (χ1) is 10.9. The number of hydrogen-bond donors (Lipinski definition) is 1. The van der Waals surface area contributed by atoms with Crippen LogP contribution in [0.1, 0.15) is 30.0 Å². The van der Waals surface area contributed by atoms with E-state index in [4.69, 9.17) is 16.3 Å². The molecule has 2 aromatic rings. The highest BCUT2D eigenvalue weighted by Gasteiger charge is 2.20. The number of nitrogens with one attached hydrogen (secondary N) is 1. The maximum atomic E-state index is 12.5. The summed E-state index contributed by atoms with van der Waals surface area (Å²) in [5.41, 5.74) is 3.87. The van der Waals surface area contributed by atoms with Crippen LogP contribution in [0.25, 0.3) is 0 Å². The van der Waals surface area contributed by atoms with Gasteiger partial charge in [0.15, 0.2) is 6.10 Å². The van der Waals surface area contributed by atoms with Gasteiger partial charge in [-0.3, -0.25) is 4.79 Å². The van der Waals surface area contributed by atoms with Gasteiger partial charge in [0, 0.05) is 10.7 Å². The van der Waals surface area contributed by atoms with Gasteiger partial charge in [-0.2, -0.15) is 0 Å². The number of ether oxygens (including phenoxy) is 1. The van der Waals surface area contributed by atoms with Gasteiger partial charge in [-0.25, -0.2) is 0 Å². The molecule has 0 spiro atoms. The van der Waals surface area contributed by atoms with Gasteiger partial charge in [0.1, 0.15) is 5.75 Å². The van der Waals surface area contributed by atoms with Gasteiger partial charge in [0.25, 0.3) is 5.91 Å². The molecule has 4 heteroatoms. The molecule has 0 heterocycles. The van der Waals surface area contributed by atoms with Crippen molar-refractivity contribution in [3.05, 3.63) is 58.1 Å². The van der Waals surface area contributed by atoms with Gasteiger partial charge in [0.2, 0.25) is 0 Å².